The van der Waals surface area contributed by atoms with E-state index in [-0.39, 0.29) is 6.61 Å². The summed E-state index contributed by atoms with van der Waals surface area (Å²) in [6.45, 7) is 0.713. The molecule has 3 N–H and O–H groups in total. The lowest BCUT2D eigenvalue weighted by Gasteiger charge is -2.07. The Morgan fingerprint density at radius 3 is 2.91 bits per heavy atom. The summed E-state index contributed by atoms with van der Waals surface area (Å²) in [5.41, 5.74) is 2.84. The molecule has 0 aliphatic heterocycles. The molecule has 0 saturated carbocycles. The van der Waals surface area contributed by atoms with Gasteiger partial charge in [0.25, 0.3) is 0 Å². The molecule has 0 aliphatic carbocycles. The summed E-state index contributed by atoms with van der Waals surface area (Å²) in [6.07, 6.45) is 3.90. The molecule has 0 spiro atoms. The lowest BCUT2D eigenvalue weighted by Crippen LogP contribution is -2.07. The number of anilines is 1. The Kier molecular flexibility index (Phi) is 4.10. The Balaban J connectivity index is 2.00. The van der Waals surface area contributed by atoms with Crippen molar-refractivity contribution in [3.8, 4) is 17.1 Å². The minimum absolute atomic E-state index is 0.120. The minimum atomic E-state index is 0.120. The molecule has 0 amide bonds. The third-order valence-corrected chi connectivity index (χ3v) is 3.12. The van der Waals surface area contributed by atoms with Gasteiger partial charge >= 0.3 is 0 Å². The van der Waals surface area contributed by atoms with Crippen molar-refractivity contribution in [3.05, 3.63) is 24.7 Å². The molecule has 0 saturated heterocycles. The average molecular weight is 300 g/mol. The fourth-order valence-electron chi connectivity index (χ4n) is 2.04. The normalized spacial score (nSPS) is 10.8. The maximum absolute atomic E-state index is 8.85. The summed E-state index contributed by atoms with van der Waals surface area (Å²) in [7, 11) is 1.57. The second kappa shape index (κ2) is 6.35. The van der Waals surface area contributed by atoms with Crippen molar-refractivity contribution in [2.24, 2.45) is 0 Å². The molecule has 0 aliphatic rings. The maximum atomic E-state index is 8.85. The molecule has 0 radical (unpaired) electrons. The summed E-state index contributed by atoms with van der Waals surface area (Å²) in [6, 6.07) is 3.65. The predicted octanol–water partition coefficient (Wildman–Crippen LogP) is 1.22. The number of aromatic nitrogens is 5. The highest BCUT2D eigenvalue weighted by Crippen LogP contribution is 2.25. The number of ether oxygens (including phenoxy) is 1. The smallest absolute Gasteiger partial charge is 0.225 e. The van der Waals surface area contributed by atoms with Gasteiger partial charge in [0.15, 0.2) is 5.65 Å². The monoisotopic (exact) mass is 300 g/mol. The number of aromatic amines is 1. The summed E-state index contributed by atoms with van der Waals surface area (Å²) in [5.74, 6) is 1.02. The number of methoxy groups -OCH3 is 1. The Morgan fingerprint density at radius 2 is 2.18 bits per heavy atom. The number of pyridine rings is 1. The van der Waals surface area contributed by atoms with E-state index in [1.54, 1.807) is 25.7 Å². The summed E-state index contributed by atoms with van der Waals surface area (Å²) in [5, 5.41) is 11.9. The summed E-state index contributed by atoms with van der Waals surface area (Å²) < 4.78 is 5.07. The Labute approximate surface area is 126 Å². The minimum Gasteiger partial charge on any atom is -0.481 e. The van der Waals surface area contributed by atoms with Crippen LogP contribution in [0.5, 0.6) is 5.88 Å². The second-order valence-corrected chi connectivity index (χ2v) is 4.59. The fraction of sp³-hybridized carbons (Fsp3) is 0.286. The van der Waals surface area contributed by atoms with E-state index in [1.807, 2.05) is 6.07 Å². The quantitative estimate of drug-likeness (QED) is 0.587. The zero-order valence-electron chi connectivity index (χ0n) is 12.1. The molecule has 0 atom stereocenters. The van der Waals surface area contributed by atoms with Gasteiger partial charge < -0.3 is 20.1 Å². The van der Waals surface area contributed by atoms with E-state index in [9.17, 15) is 0 Å². The molecule has 0 unspecified atom stereocenters. The predicted molar refractivity (Wildman–Crippen MR) is 81.7 cm³/mol. The molecule has 22 heavy (non-hydrogen) atoms. The number of rotatable bonds is 6. The van der Waals surface area contributed by atoms with Crippen LogP contribution in [-0.4, -0.2) is 50.3 Å². The van der Waals surface area contributed by atoms with E-state index < -0.39 is 0 Å². The van der Waals surface area contributed by atoms with E-state index in [0.29, 0.717) is 41.7 Å². The van der Waals surface area contributed by atoms with Crippen LogP contribution in [0.15, 0.2) is 24.7 Å². The third kappa shape index (κ3) is 2.82. The highest BCUT2D eigenvalue weighted by molar-refractivity contribution is 5.87. The van der Waals surface area contributed by atoms with Gasteiger partial charge in [-0.3, -0.25) is 0 Å². The van der Waals surface area contributed by atoms with Crippen LogP contribution in [-0.2, 0) is 0 Å². The lowest BCUT2D eigenvalue weighted by molar-refractivity contribution is 0.292. The SMILES string of the molecule is COc1ccc(-c2nc(NCCCO)nc3[nH]cnc23)cn1. The zero-order valence-corrected chi connectivity index (χ0v) is 12.1. The van der Waals surface area contributed by atoms with E-state index >= 15 is 0 Å². The number of aliphatic hydroxyl groups is 1. The Morgan fingerprint density at radius 1 is 1.27 bits per heavy atom. The second-order valence-electron chi connectivity index (χ2n) is 4.59. The van der Waals surface area contributed by atoms with Gasteiger partial charge in [-0.05, 0) is 12.5 Å². The number of hydrogen-bond donors (Lipinski definition) is 3. The average Bonchev–Trinajstić information content (AvgIpc) is 3.03. The molecule has 3 heterocycles. The van der Waals surface area contributed by atoms with Crippen LogP contribution in [0.3, 0.4) is 0 Å². The van der Waals surface area contributed by atoms with Crippen molar-refractivity contribution in [2.45, 2.75) is 6.42 Å². The van der Waals surface area contributed by atoms with Crippen LogP contribution in [0.25, 0.3) is 22.4 Å². The number of nitrogens with one attached hydrogen (secondary N) is 2. The Hall–Kier alpha value is -2.74. The van der Waals surface area contributed by atoms with Crippen LogP contribution in [0.4, 0.5) is 5.95 Å². The number of hydrogen-bond acceptors (Lipinski definition) is 7. The zero-order chi connectivity index (χ0) is 15.4. The highest BCUT2D eigenvalue weighted by Gasteiger charge is 2.12. The maximum Gasteiger partial charge on any atom is 0.225 e. The molecule has 0 fully saturated rings. The summed E-state index contributed by atoms with van der Waals surface area (Å²) in [4.78, 5) is 20.3. The van der Waals surface area contributed by atoms with Crippen LogP contribution in [0, 0.1) is 0 Å². The number of aliphatic hydroxyl groups excluding tert-OH is 1. The van der Waals surface area contributed by atoms with Gasteiger partial charge in [-0.2, -0.15) is 4.98 Å². The first-order chi connectivity index (χ1) is 10.8. The van der Waals surface area contributed by atoms with Gasteiger partial charge in [0.1, 0.15) is 11.2 Å². The van der Waals surface area contributed by atoms with Gasteiger partial charge in [0, 0.05) is 31.0 Å². The van der Waals surface area contributed by atoms with E-state index in [0.717, 1.165) is 5.56 Å². The molecule has 8 heteroatoms. The lowest BCUT2D eigenvalue weighted by atomic mass is 10.2. The molecule has 3 aromatic rings. The van der Waals surface area contributed by atoms with Gasteiger partial charge in [-0.15, -0.1) is 0 Å². The van der Waals surface area contributed by atoms with Crippen molar-refractivity contribution < 1.29 is 9.84 Å². The first-order valence-corrected chi connectivity index (χ1v) is 6.88. The molecule has 8 nitrogen and oxygen atoms in total. The van der Waals surface area contributed by atoms with Crippen molar-refractivity contribution >= 4 is 17.1 Å². The molecule has 3 rings (SSSR count). The van der Waals surface area contributed by atoms with Gasteiger partial charge in [0.05, 0.1) is 13.4 Å². The molecular formula is C14H16N6O2. The van der Waals surface area contributed by atoms with Crippen LogP contribution in [0.1, 0.15) is 6.42 Å². The summed E-state index contributed by atoms with van der Waals surface area (Å²) >= 11 is 0. The van der Waals surface area contributed by atoms with E-state index in [4.69, 9.17) is 9.84 Å². The number of imidazole rings is 1. The number of fused-ring (bicyclic) bond motifs is 1. The first kappa shape index (κ1) is 14.2. The number of H-pyrrole nitrogens is 1. The molecular weight excluding hydrogens is 284 g/mol. The van der Waals surface area contributed by atoms with Gasteiger partial charge in [0.2, 0.25) is 11.8 Å². The molecule has 114 valence electrons. The molecule has 3 aromatic heterocycles. The highest BCUT2D eigenvalue weighted by atomic mass is 16.5. The first-order valence-electron chi connectivity index (χ1n) is 6.88. The standard InChI is InChI=1S/C14H16N6O2/c1-22-10-4-3-9(7-16-10)11-12-13(18-8-17-12)20-14(19-11)15-5-2-6-21/h3-4,7-8,21H,2,5-6H2,1H3,(H2,15,17,18,19,20). The van der Waals surface area contributed by atoms with Crippen LogP contribution >= 0.6 is 0 Å². The van der Waals surface area contributed by atoms with Gasteiger partial charge in [-0.25, -0.2) is 15.0 Å². The van der Waals surface area contributed by atoms with E-state index in [2.05, 4.69) is 30.2 Å². The van der Waals surface area contributed by atoms with Crippen molar-refractivity contribution in [3.63, 3.8) is 0 Å². The largest absolute Gasteiger partial charge is 0.481 e. The van der Waals surface area contributed by atoms with Crippen LogP contribution in [0.2, 0.25) is 0 Å². The van der Waals surface area contributed by atoms with Gasteiger partial charge in [-0.1, -0.05) is 0 Å². The molecule has 0 bridgehead atoms. The van der Waals surface area contributed by atoms with Crippen LogP contribution < -0.4 is 10.1 Å². The Bertz CT molecular complexity index is 756. The molecule has 0 aromatic carbocycles. The van der Waals surface area contributed by atoms with Crippen molar-refractivity contribution in [2.75, 3.05) is 25.6 Å². The van der Waals surface area contributed by atoms with E-state index in [1.165, 1.54) is 0 Å². The fourth-order valence-corrected chi connectivity index (χ4v) is 2.04. The van der Waals surface area contributed by atoms with Crippen molar-refractivity contribution in [1.82, 2.24) is 24.9 Å². The topological polar surface area (TPSA) is 109 Å². The van der Waals surface area contributed by atoms with Crippen molar-refractivity contribution in [1.29, 1.82) is 0 Å². The number of nitrogens with zero attached hydrogens (tertiary/aromatic N) is 4. The third-order valence-electron chi connectivity index (χ3n) is 3.12.